The molecule has 0 aromatic heterocycles. The van der Waals surface area contributed by atoms with Gasteiger partial charge in [-0.3, -0.25) is 0 Å². The minimum absolute atomic E-state index is 0.609. The quantitative estimate of drug-likeness (QED) is 0.581. The van der Waals surface area contributed by atoms with Crippen molar-refractivity contribution in [1.82, 2.24) is 0 Å². The van der Waals surface area contributed by atoms with Crippen molar-refractivity contribution in [3.05, 3.63) is 0 Å². The average Bonchev–Trinajstić information content (AvgIpc) is 2.16. The van der Waals surface area contributed by atoms with Gasteiger partial charge in [-0.1, -0.05) is 46.5 Å². The summed E-state index contributed by atoms with van der Waals surface area (Å²) in [5, 5.41) is 0. The minimum atomic E-state index is 0.609. The minimum Gasteiger partial charge on any atom is -0.0993 e. The molecule has 0 heteroatoms. The van der Waals surface area contributed by atoms with E-state index in [1.54, 1.807) is 0 Å². The molecule has 0 nitrogen and oxygen atoms in total. The molecule has 0 saturated heterocycles. The molecule has 80 valence electrons. The summed E-state index contributed by atoms with van der Waals surface area (Å²) in [6, 6.07) is 0. The molecule has 0 heterocycles. The second kappa shape index (κ2) is 4.87. The van der Waals surface area contributed by atoms with Gasteiger partial charge in [0.1, 0.15) is 0 Å². The van der Waals surface area contributed by atoms with Crippen LogP contribution in [0.3, 0.4) is 0 Å². The van der Waals surface area contributed by atoms with Gasteiger partial charge in [-0.15, -0.1) is 0 Å². The summed E-state index contributed by atoms with van der Waals surface area (Å²) in [5.41, 5.74) is 0. The van der Waals surface area contributed by atoms with Gasteiger partial charge < -0.3 is 0 Å². The molecule has 0 aromatic rings. The third-order valence-electron chi connectivity index (χ3n) is 3.86. The molecular formula is C14H24. The van der Waals surface area contributed by atoms with Crippen molar-refractivity contribution in [3.8, 4) is 11.8 Å². The van der Waals surface area contributed by atoms with Crippen molar-refractivity contribution in [3.63, 3.8) is 0 Å². The van der Waals surface area contributed by atoms with Crippen molar-refractivity contribution < 1.29 is 0 Å². The molecule has 1 rings (SSSR count). The summed E-state index contributed by atoms with van der Waals surface area (Å²) < 4.78 is 0. The fourth-order valence-electron chi connectivity index (χ4n) is 2.18. The maximum absolute atomic E-state index is 3.48. The average molecular weight is 192 g/mol. The fraction of sp³-hybridized carbons (Fsp3) is 0.857. The van der Waals surface area contributed by atoms with Gasteiger partial charge in [0, 0.05) is 11.8 Å². The largest absolute Gasteiger partial charge is 0.0993 e. The molecule has 1 aliphatic rings. The van der Waals surface area contributed by atoms with Crippen LogP contribution in [-0.4, -0.2) is 0 Å². The molecule has 14 heavy (non-hydrogen) atoms. The van der Waals surface area contributed by atoms with E-state index in [1.807, 2.05) is 0 Å². The van der Waals surface area contributed by atoms with Crippen LogP contribution >= 0.6 is 0 Å². The SMILES string of the molecule is CCC(C#CC1CC(C)C1C)C(C)C. The zero-order valence-electron chi connectivity index (χ0n) is 10.3. The first-order valence-electron chi connectivity index (χ1n) is 6.07. The van der Waals surface area contributed by atoms with E-state index in [0.717, 1.165) is 11.8 Å². The Hall–Kier alpha value is -0.440. The van der Waals surface area contributed by atoms with E-state index in [9.17, 15) is 0 Å². The zero-order chi connectivity index (χ0) is 10.7. The number of hydrogen-bond acceptors (Lipinski definition) is 0. The van der Waals surface area contributed by atoms with Crippen molar-refractivity contribution in [1.29, 1.82) is 0 Å². The van der Waals surface area contributed by atoms with Crippen LogP contribution in [0.25, 0.3) is 0 Å². The molecule has 4 atom stereocenters. The van der Waals surface area contributed by atoms with E-state index < -0.39 is 0 Å². The molecule has 0 aliphatic heterocycles. The molecule has 0 aromatic carbocycles. The molecular weight excluding hydrogens is 168 g/mol. The van der Waals surface area contributed by atoms with Crippen LogP contribution in [-0.2, 0) is 0 Å². The molecule has 0 amide bonds. The van der Waals surface area contributed by atoms with Gasteiger partial charge in [0.2, 0.25) is 0 Å². The van der Waals surface area contributed by atoms with Gasteiger partial charge in [0.25, 0.3) is 0 Å². The standard InChI is InChI=1S/C14H24/c1-6-13(10(2)3)7-8-14-9-11(4)12(14)5/h10-14H,6,9H2,1-5H3. The Morgan fingerprint density at radius 1 is 1.29 bits per heavy atom. The van der Waals surface area contributed by atoms with Crippen LogP contribution in [0.1, 0.15) is 47.5 Å². The maximum atomic E-state index is 3.48. The summed E-state index contributed by atoms with van der Waals surface area (Å²) in [6.07, 6.45) is 2.52. The lowest BCUT2D eigenvalue weighted by atomic mass is 9.67. The molecule has 1 aliphatic carbocycles. The smallest absolute Gasteiger partial charge is 0.0233 e. The molecule has 0 spiro atoms. The van der Waals surface area contributed by atoms with E-state index in [2.05, 4.69) is 46.5 Å². The first-order chi connectivity index (χ1) is 6.56. The number of hydrogen-bond donors (Lipinski definition) is 0. The van der Waals surface area contributed by atoms with E-state index in [1.165, 1.54) is 12.8 Å². The number of rotatable bonds is 2. The highest BCUT2D eigenvalue weighted by atomic mass is 14.4. The highest BCUT2D eigenvalue weighted by molar-refractivity contribution is 5.12. The highest BCUT2D eigenvalue weighted by Gasteiger charge is 2.32. The summed E-state index contributed by atoms with van der Waals surface area (Å²) in [5.74, 6) is 10.7. The van der Waals surface area contributed by atoms with Crippen molar-refractivity contribution in [2.45, 2.75) is 47.5 Å². The Labute approximate surface area is 89.5 Å². The summed E-state index contributed by atoms with van der Waals surface area (Å²) >= 11 is 0. The normalized spacial score (nSPS) is 33.1. The van der Waals surface area contributed by atoms with Crippen LogP contribution in [0.4, 0.5) is 0 Å². The maximum Gasteiger partial charge on any atom is 0.0233 e. The van der Waals surface area contributed by atoms with Gasteiger partial charge in [-0.2, -0.15) is 0 Å². The van der Waals surface area contributed by atoms with Crippen molar-refractivity contribution in [2.24, 2.45) is 29.6 Å². The van der Waals surface area contributed by atoms with Gasteiger partial charge >= 0.3 is 0 Å². The molecule has 0 bridgehead atoms. The molecule has 0 radical (unpaired) electrons. The molecule has 4 unspecified atom stereocenters. The Morgan fingerprint density at radius 3 is 2.29 bits per heavy atom. The van der Waals surface area contributed by atoms with Crippen LogP contribution in [0.5, 0.6) is 0 Å². The monoisotopic (exact) mass is 192 g/mol. The van der Waals surface area contributed by atoms with E-state index in [4.69, 9.17) is 0 Å². The third-order valence-corrected chi connectivity index (χ3v) is 3.86. The lowest BCUT2D eigenvalue weighted by molar-refractivity contribution is 0.153. The van der Waals surface area contributed by atoms with Crippen LogP contribution in [0.15, 0.2) is 0 Å². The molecule has 0 N–H and O–H groups in total. The zero-order valence-corrected chi connectivity index (χ0v) is 10.3. The van der Waals surface area contributed by atoms with E-state index in [0.29, 0.717) is 17.8 Å². The third kappa shape index (κ3) is 2.53. The Bertz CT molecular complexity index is 228. The second-order valence-corrected chi connectivity index (χ2v) is 5.23. The van der Waals surface area contributed by atoms with Gasteiger partial charge in [-0.25, -0.2) is 0 Å². The predicted molar refractivity (Wildman–Crippen MR) is 62.8 cm³/mol. The van der Waals surface area contributed by atoms with Gasteiger partial charge in [0.05, 0.1) is 0 Å². The van der Waals surface area contributed by atoms with Crippen LogP contribution in [0, 0.1) is 41.4 Å². The van der Waals surface area contributed by atoms with E-state index in [-0.39, 0.29) is 0 Å². The Morgan fingerprint density at radius 2 is 1.93 bits per heavy atom. The Balaban J connectivity index is 2.46. The predicted octanol–water partition coefficient (Wildman–Crippen LogP) is 3.96. The topological polar surface area (TPSA) is 0 Å². The first kappa shape index (κ1) is 11.6. The van der Waals surface area contributed by atoms with Crippen molar-refractivity contribution >= 4 is 0 Å². The summed E-state index contributed by atoms with van der Waals surface area (Å²) in [6.45, 7) is 11.5. The highest BCUT2D eigenvalue weighted by Crippen LogP contribution is 2.39. The van der Waals surface area contributed by atoms with Crippen LogP contribution in [0.2, 0.25) is 0 Å². The Kier molecular flexibility index (Phi) is 4.05. The van der Waals surface area contributed by atoms with Gasteiger partial charge in [-0.05, 0) is 30.6 Å². The molecule has 1 fully saturated rings. The fourth-order valence-corrected chi connectivity index (χ4v) is 2.18. The summed E-state index contributed by atoms with van der Waals surface area (Å²) in [7, 11) is 0. The van der Waals surface area contributed by atoms with Crippen molar-refractivity contribution in [2.75, 3.05) is 0 Å². The van der Waals surface area contributed by atoms with Crippen LogP contribution < -0.4 is 0 Å². The van der Waals surface area contributed by atoms with Gasteiger partial charge in [0.15, 0.2) is 0 Å². The van der Waals surface area contributed by atoms with E-state index >= 15 is 0 Å². The lowest BCUT2D eigenvalue weighted by Gasteiger charge is -2.37. The summed E-state index contributed by atoms with van der Waals surface area (Å²) in [4.78, 5) is 0. The first-order valence-corrected chi connectivity index (χ1v) is 6.07. The lowest BCUT2D eigenvalue weighted by Crippen LogP contribution is -2.31. The second-order valence-electron chi connectivity index (χ2n) is 5.23. The molecule has 1 saturated carbocycles.